The van der Waals surface area contributed by atoms with Crippen LogP contribution in [-0.4, -0.2) is 90.7 Å². The molecule has 1 aromatic carbocycles. The highest BCUT2D eigenvalue weighted by atomic mass is 16.2. The van der Waals surface area contributed by atoms with Crippen molar-refractivity contribution >= 4 is 24.1 Å². The van der Waals surface area contributed by atoms with Crippen LogP contribution in [0, 0.1) is 17.8 Å². The molecule has 3 N–H and O–H groups in total. The van der Waals surface area contributed by atoms with Gasteiger partial charge in [-0.3, -0.25) is 24.1 Å². The van der Waals surface area contributed by atoms with Crippen molar-refractivity contribution in [3.05, 3.63) is 35.9 Å². The number of hydrogen-bond acceptors (Lipinski definition) is 5. The summed E-state index contributed by atoms with van der Waals surface area (Å²) < 4.78 is 0. The molecule has 2 aliphatic rings. The van der Waals surface area contributed by atoms with Crippen LogP contribution in [0.2, 0.25) is 0 Å². The first-order chi connectivity index (χ1) is 20.7. The van der Waals surface area contributed by atoms with E-state index in [-0.39, 0.29) is 60.0 Å². The summed E-state index contributed by atoms with van der Waals surface area (Å²) in [5.41, 5.74) is 4.94. The molecule has 0 spiro atoms. The number of rotatable bonds is 11. The summed E-state index contributed by atoms with van der Waals surface area (Å²) in [5.74, 6) is 0.894. The Kier molecular flexibility index (Phi) is 17.3. The standard InChI is InChI=1S/C30H48N4O3.C4H10.CH3NO/c1-7-24(30(4,5)23-14-9-8-10-15-23)28(36)31-20-27(35)32(6)26(22(2)3)21-34-19-13-16-25(34)29(37)33-17-11-12-18-33;1-4(2)3;2-1-3/h8-10,14-15,22,24-26H,7,11-13,16-21H2,1-6H3,(H,31,36);4H,1-3H3;1H,(H2,2,3)/t24-,25+,26-;;/m1../s1. The first kappa shape index (κ1) is 39.1. The van der Waals surface area contributed by atoms with Crippen LogP contribution in [-0.2, 0) is 24.6 Å². The van der Waals surface area contributed by atoms with Gasteiger partial charge in [0.2, 0.25) is 24.1 Å². The van der Waals surface area contributed by atoms with Gasteiger partial charge in [0.1, 0.15) is 0 Å². The molecule has 0 radical (unpaired) electrons. The lowest BCUT2D eigenvalue weighted by Crippen LogP contribution is -2.54. The van der Waals surface area contributed by atoms with Crippen molar-refractivity contribution in [1.29, 1.82) is 0 Å². The second-order valence-corrected chi connectivity index (χ2v) is 13.6. The molecule has 0 aromatic heterocycles. The Morgan fingerprint density at radius 2 is 1.57 bits per heavy atom. The summed E-state index contributed by atoms with van der Waals surface area (Å²) in [7, 11) is 1.83. The fourth-order valence-corrected chi connectivity index (χ4v) is 6.18. The van der Waals surface area contributed by atoms with Crippen LogP contribution >= 0.6 is 0 Å². The van der Waals surface area contributed by atoms with Gasteiger partial charge in [0.15, 0.2) is 0 Å². The van der Waals surface area contributed by atoms with E-state index in [0.717, 1.165) is 56.8 Å². The number of likely N-dealkylation sites (tertiary alicyclic amines) is 2. The first-order valence-electron chi connectivity index (χ1n) is 16.5. The van der Waals surface area contributed by atoms with Gasteiger partial charge in [-0.25, -0.2) is 0 Å². The minimum absolute atomic E-state index is 0.0178. The fourth-order valence-electron chi connectivity index (χ4n) is 6.18. The second kappa shape index (κ2) is 19.4. The zero-order chi connectivity index (χ0) is 33.4. The second-order valence-electron chi connectivity index (χ2n) is 13.6. The third kappa shape index (κ3) is 11.9. The molecule has 44 heavy (non-hydrogen) atoms. The van der Waals surface area contributed by atoms with Crippen molar-refractivity contribution in [2.75, 3.05) is 39.8 Å². The molecule has 0 bridgehead atoms. The van der Waals surface area contributed by atoms with Gasteiger partial charge in [0.25, 0.3) is 0 Å². The number of hydrogen-bond donors (Lipinski definition) is 2. The SMILES string of the molecule is CC(C)C.CC[C@H](C(=O)NCC(=O)N(C)[C@H](CN1CCC[C@H]1C(=O)N1CCCC1)C(C)C)C(C)(C)c1ccccc1.NC=O. The molecule has 0 unspecified atom stereocenters. The Hall–Kier alpha value is -2.94. The van der Waals surface area contributed by atoms with Crippen LogP contribution in [0.5, 0.6) is 0 Å². The summed E-state index contributed by atoms with van der Waals surface area (Å²) in [5, 5.41) is 2.94. The van der Waals surface area contributed by atoms with Gasteiger partial charge in [0.05, 0.1) is 12.6 Å². The number of nitrogens with two attached hydrogens (primary N) is 1. The fraction of sp³-hybridized carbons (Fsp3) is 0.714. The van der Waals surface area contributed by atoms with Gasteiger partial charge in [-0.1, -0.05) is 85.7 Å². The number of primary amides is 1. The molecular weight excluding hydrogens is 554 g/mol. The van der Waals surface area contributed by atoms with Gasteiger partial charge < -0.3 is 20.9 Å². The van der Waals surface area contributed by atoms with Crippen LogP contribution in [0.15, 0.2) is 30.3 Å². The number of amides is 4. The smallest absolute Gasteiger partial charge is 0.242 e. The van der Waals surface area contributed by atoms with E-state index in [0.29, 0.717) is 13.0 Å². The van der Waals surface area contributed by atoms with E-state index >= 15 is 0 Å². The van der Waals surface area contributed by atoms with E-state index in [1.807, 2.05) is 37.1 Å². The highest BCUT2D eigenvalue weighted by Crippen LogP contribution is 2.34. The van der Waals surface area contributed by atoms with Crippen molar-refractivity contribution in [3.8, 4) is 0 Å². The first-order valence-corrected chi connectivity index (χ1v) is 16.5. The van der Waals surface area contributed by atoms with Crippen LogP contribution in [0.1, 0.15) is 93.1 Å². The molecule has 3 rings (SSSR count). The minimum Gasteiger partial charge on any atom is -0.372 e. The predicted octanol–water partition coefficient (Wildman–Crippen LogP) is 4.44. The molecule has 3 atom stereocenters. The molecule has 9 heteroatoms. The maximum atomic E-state index is 13.2. The van der Waals surface area contributed by atoms with Crippen LogP contribution < -0.4 is 11.1 Å². The molecule has 2 heterocycles. The summed E-state index contributed by atoms with van der Waals surface area (Å²) >= 11 is 0. The number of nitrogens with zero attached hydrogens (tertiary/aromatic N) is 3. The van der Waals surface area contributed by atoms with E-state index in [1.54, 1.807) is 4.90 Å². The third-order valence-electron chi connectivity index (χ3n) is 8.68. The third-order valence-corrected chi connectivity index (χ3v) is 8.68. The summed E-state index contributed by atoms with van der Waals surface area (Å²) in [4.78, 5) is 54.2. The lowest BCUT2D eigenvalue weighted by molar-refractivity contribution is -0.137. The lowest BCUT2D eigenvalue weighted by atomic mass is 9.71. The Morgan fingerprint density at radius 3 is 2.07 bits per heavy atom. The van der Waals surface area contributed by atoms with E-state index in [1.165, 1.54) is 0 Å². The average Bonchev–Trinajstić information content (AvgIpc) is 3.67. The number of carbonyl (C=O) groups is 4. The van der Waals surface area contributed by atoms with Crippen molar-refractivity contribution in [1.82, 2.24) is 20.0 Å². The molecule has 9 nitrogen and oxygen atoms in total. The summed E-state index contributed by atoms with van der Waals surface area (Å²) in [6, 6.07) is 9.98. The molecule has 0 saturated carbocycles. The van der Waals surface area contributed by atoms with Gasteiger partial charge in [-0.15, -0.1) is 0 Å². The summed E-state index contributed by atoms with van der Waals surface area (Å²) in [6.45, 7) is 20.2. The Morgan fingerprint density at radius 1 is 1.02 bits per heavy atom. The van der Waals surface area contributed by atoms with Gasteiger partial charge in [-0.2, -0.15) is 0 Å². The van der Waals surface area contributed by atoms with E-state index < -0.39 is 0 Å². The molecule has 2 saturated heterocycles. The van der Waals surface area contributed by atoms with E-state index in [9.17, 15) is 14.4 Å². The van der Waals surface area contributed by atoms with Crippen LogP contribution in [0.4, 0.5) is 0 Å². The molecule has 1 aromatic rings. The van der Waals surface area contributed by atoms with Crippen molar-refractivity contribution < 1.29 is 19.2 Å². The average molecular weight is 616 g/mol. The number of benzene rings is 1. The van der Waals surface area contributed by atoms with Crippen molar-refractivity contribution in [2.24, 2.45) is 23.5 Å². The maximum Gasteiger partial charge on any atom is 0.242 e. The molecular formula is C35H61N5O4. The van der Waals surface area contributed by atoms with Gasteiger partial charge in [-0.05, 0) is 56.0 Å². The molecule has 2 aliphatic heterocycles. The monoisotopic (exact) mass is 615 g/mol. The van der Waals surface area contributed by atoms with Crippen molar-refractivity contribution in [2.45, 2.75) is 105 Å². The van der Waals surface area contributed by atoms with Gasteiger partial charge in [0, 0.05) is 44.1 Å². The molecule has 2 fully saturated rings. The van der Waals surface area contributed by atoms with Gasteiger partial charge >= 0.3 is 0 Å². The minimum atomic E-state index is -0.345. The Labute approximate surface area is 267 Å². The van der Waals surface area contributed by atoms with Crippen LogP contribution in [0.25, 0.3) is 0 Å². The topological polar surface area (TPSA) is 116 Å². The largest absolute Gasteiger partial charge is 0.372 e. The molecule has 4 amide bonds. The van der Waals surface area contributed by atoms with Crippen LogP contribution in [0.3, 0.4) is 0 Å². The number of nitrogens with one attached hydrogen (secondary N) is 1. The Balaban J connectivity index is 0.00000125. The number of likely N-dealkylation sites (N-methyl/N-ethyl adjacent to an activating group) is 1. The summed E-state index contributed by atoms with van der Waals surface area (Å²) in [6.07, 6.45) is 5.03. The zero-order valence-corrected chi connectivity index (χ0v) is 29.0. The molecule has 0 aliphatic carbocycles. The normalized spacial score (nSPS) is 18.1. The maximum absolute atomic E-state index is 13.2. The predicted molar refractivity (Wildman–Crippen MR) is 179 cm³/mol. The van der Waals surface area contributed by atoms with E-state index in [4.69, 9.17) is 4.79 Å². The highest BCUT2D eigenvalue weighted by Gasteiger charge is 2.38. The quantitative estimate of drug-likeness (QED) is 0.357. The zero-order valence-electron chi connectivity index (χ0n) is 29.0. The lowest BCUT2D eigenvalue weighted by Gasteiger charge is -2.37. The Bertz CT molecular complexity index is 1000. The molecule has 250 valence electrons. The van der Waals surface area contributed by atoms with Crippen molar-refractivity contribution in [3.63, 3.8) is 0 Å². The number of carbonyl (C=O) groups excluding carboxylic acids is 4. The highest BCUT2D eigenvalue weighted by molar-refractivity contribution is 5.87. The van der Waals surface area contributed by atoms with E-state index in [2.05, 4.69) is 76.5 Å².